The average Bonchev–Trinajstić information content (AvgIpc) is 2.28. The van der Waals surface area contributed by atoms with E-state index in [9.17, 15) is 14.0 Å². The highest BCUT2D eigenvalue weighted by Gasteiger charge is 2.17. The summed E-state index contributed by atoms with van der Waals surface area (Å²) in [5.41, 5.74) is 0.577. The van der Waals surface area contributed by atoms with Gasteiger partial charge < -0.3 is 10.4 Å². The van der Waals surface area contributed by atoms with E-state index in [4.69, 9.17) is 5.11 Å². The van der Waals surface area contributed by atoms with E-state index in [1.807, 2.05) is 0 Å². The van der Waals surface area contributed by atoms with E-state index in [0.717, 1.165) is 0 Å². The van der Waals surface area contributed by atoms with E-state index in [2.05, 4.69) is 5.32 Å². The third-order valence-electron chi connectivity index (χ3n) is 2.26. The maximum atomic E-state index is 12.8. The van der Waals surface area contributed by atoms with Crippen LogP contribution >= 0.6 is 11.8 Å². The Morgan fingerprint density at radius 2 is 2.00 bits per heavy atom. The molecule has 0 aliphatic carbocycles. The van der Waals surface area contributed by atoms with Crippen molar-refractivity contribution in [3.05, 3.63) is 35.6 Å². The van der Waals surface area contributed by atoms with E-state index < -0.39 is 17.8 Å². The lowest BCUT2D eigenvalue weighted by atomic mass is 10.0. The number of halogens is 1. The van der Waals surface area contributed by atoms with E-state index in [-0.39, 0.29) is 18.1 Å². The maximum absolute atomic E-state index is 12.8. The number of rotatable bonds is 6. The summed E-state index contributed by atoms with van der Waals surface area (Å²) in [4.78, 5) is 22.2. The minimum Gasteiger partial charge on any atom is -0.481 e. The first-order valence-corrected chi connectivity index (χ1v) is 6.68. The molecule has 0 spiro atoms. The van der Waals surface area contributed by atoms with Crippen LogP contribution in [0.5, 0.6) is 0 Å². The van der Waals surface area contributed by atoms with E-state index >= 15 is 0 Å². The lowest BCUT2D eigenvalue weighted by Crippen LogP contribution is -2.31. The summed E-state index contributed by atoms with van der Waals surface area (Å²) in [5, 5.41) is 11.4. The van der Waals surface area contributed by atoms with Crippen molar-refractivity contribution in [3.63, 3.8) is 0 Å². The van der Waals surface area contributed by atoms with Crippen LogP contribution in [0.3, 0.4) is 0 Å². The first-order valence-electron chi connectivity index (χ1n) is 5.28. The molecule has 0 saturated heterocycles. The van der Waals surface area contributed by atoms with Crippen LogP contribution < -0.4 is 5.32 Å². The Bertz CT molecular complexity index is 422. The van der Waals surface area contributed by atoms with Gasteiger partial charge in [-0.15, -0.1) is 0 Å². The second kappa shape index (κ2) is 7.00. The molecule has 0 radical (unpaired) electrons. The number of carbonyl (C=O) groups is 2. The van der Waals surface area contributed by atoms with Gasteiger partial charge in [0.1, 0.15) is 5.82 Å². The monoisotopic (exact) mass is 271 g/mol. The smallest absolute Gasteiger partial charge is 0.305 e. The Balaban J connectivity index is 2.80. The molecule has 0 aliphatic heterocycles. The van der Waals surface area contributed by atoms with Crippen molar-refractivity contribution in [1.29, 1.82) is 0 Å². The van der Waals surface area contributed by atoms with Crippen LogP contribution in [0.15, 0.2) is 24.3 Å². The second-order valence-corrected chi connectivity index (χ2v) is 4.57. The maximum Gasteiger partial charge on any atom is 0.305 e. The average molecular weight is 271 g/mol. The topological polar surface area (TPSA) is 66.4 Å². The summed E-state index contributed by atoms with van der Waals surface area (Å²) < 4.78 is 12.8. The molecule has 2 N–H and O–H groups in total. The third-order valence-corrected chi connectivity index (χ3v) is 2.81. The van der Waals surface area contributed by atoms with Gasteiger partial charge in [0, 0.05) is 0 Å². The van der Waals surface area contributed by atoms with Gasteiger partial charge in [0.05, 0.1) is 18.2 Å². The van der Waals surface area contributed by atoms with Crippen LogP contribution in [-0.2, 0) is 9.59 Å². The lowest BCUT2D eigenvalue weighted by Gasteiger charge is -2.17. The lowest BCUT2D eigenvalue weighted by molar-refractivity contribution is -0.137. The largest absolute Gasteiger partial charge is 0.481 e. The van der Waals surface area contributed by atoms with Crippen molar-refractivity contribution in [3.8, 4) is 0 Å². The summed E-state index contributed by atoms with van der Waals surface area (Å²) in [6, 6.07) is 4.79. The van der Waals surface area contributed by atoms with Gasteiger partial charge in [-0.2, -0.15) is 11.8 Å². The number of nitrogens with one attached hydrogen (secondary N) is 1. The zero-order chi connectivity index (χ0) is 13.5. The number of amides is 1. The molecule has 1 atom stereocenters. The SMILES string of the molecule is CSCC(=O)NC(CC(=O)O)c1ccc(F)cc1. The number of thioether (sulfide) groups is 1. The quantitative estimate of drug-likeness (QED) is 0.828. The van der Waals surface area contributed by atoms with Crippen LogP contribution in [0, 0.1) is 5.82 Å². The molecule has 1 aromatic rings. The van der Waals surface area contributed by atoms with Crippen molar-refractivity contribution in [2.45, 2.75) is 12.5 Å². The molecule has 1 amide bonds. The fourth-order valence-electron chi connectivity index (χ4n) is 1.49. The summed E-state index contributed by atoms with van der Waals surface area (Å²) in [6.45, 7) is 0. The van der Waals surface area contributed by atoms with Crippen LogP contribution in [0.25, 0.3) is 0 Å². The number of benzene rings is 1. The van der Waals surface area contributed by atoms with Crippen molar-refractivity contribution in [2.75, 3.05) is 12.0 Å². The summed E-state index contributed by atoms with van der Waals surface area (Å²) in [6.07, 6.45) is 1.55. The first-order chi connectivity index (χ1) is 8.52. The van der Waals surface area contributed by atoms with Crippen LogP contribution in [0.4, 0.5) is 4.39 Å². The van der Waals surface area contributed by atoms with Gasteiger partial charge in [0.15, 0.2) is 0 Å². The molecule has 4 nitrogen and oxygen atoms in total. The van der Waals surface area contributed by atoms with Gasteiger partial charge in [-0.25, -0.2) is 4.39 Å². The van der Waals surface area contributed by atoms with Crippen LogP contribution in [0.2, 0.25) is 0 Å². The molecule has 0 aliphatic rings. The normalized spacial score (nSPS) is 11.9. The van der Waals surface area contributed by atoms with Gasteiger partial charge >= 0.3 is 5.97 Å². The molecule has 18 heavy (non-hydrogen) atoms. The van der Waals surface area contributed by atoms with E-state index in [1.54, 1.807) is 6.26 Å². The van der Waals surface area contributed by atoms with Gasteiger partial charge in [0.2, 0.25) is 5.91 Å². The van der Waals surface area contributed by atoms with Crippen LogP contribution in [-0.4, -0.2) is 29.0 Å². The minimum absolute atomic E-state index is 0.230. The zero-order valence-electron chi connectivity index (χ0n) is 9.85. The van der Waals surface area contributed by atoms with E-state index in [1.165, 1.54) is 36.0 Å². The summed E-state index contributed by atoms with van der Waals surface area (Å²) in [5.74, 6) is -1.40. The molecule has 1 aromatic carbocycles. The molecule has 0 bridgehead atoms. The second-order valence-electron chi connectivity index (χ2n) is 3.70. The van der Waals surface area contributed by atoms with Crippen molar-refractivity contribution in [1.82, 2.24) is 5.32 Å². The fraction of sp³-hybridized carbons (Fsp3) is 0.333. The molecule has 0 fully saturated rings. The van der Waals surface area contributed by atoms with Gasteiger partial charge in [0.25, 0.3) is 0 Å². The molecular weight excluding hydrogens is 257 g/mol. The first kappa shape index (κ1) is 14.5. The van der Waals surface area contributed by atoms with Gasteiger partial charge in [-0.1, -0.05) is 12.1 Å². The fourth-order valence-corrected chi connectivity index (χ4v) is 1.83. The minimum atomic E-state index is -1.02. The number of carboxylic acids is 1. The molecule has 98 valence electrons. The summed E-state index contributed by atoms with van der Waals surface area (Å²) >= 11 is 1.35. The molecule has 1 rings (SSSR count). The molecule has 0 heterocycles. The standard InChI is InChI=1S/C12H14FNO3S/c1-18-7-11(15)14-10(6-12(16)17)8-2-4-9(13)5-3-8/h2-5,10H,6-7H2,1H3,(H,14,15)(H,16,17). The predicted octanol–water partition coefficient (Wildman–Crippen LogP) is 1.82. The predicted molar refractivity (Wildman–Crippen MR) is 67.9 cm³/mol. The molecule has 0 aromatic heterocycles. The molecule has 6 heteroatoms. The Kier molecular flexibility index (Phi) is 5.64. The zero-order valence-corrected chi connectivity index (χ0v) is 10.7. The molecular formula is C12H14FNO3S. The van der Waals surface area contributed by atoms with Crippen molar-refractivity contribution in [2.24, 2.45) is 0 Å². The van der Waals surface area contributed by atoms with Gasteiger partial charge in [-0.3, -0.25) is 9.59 Å². The highest BCUT2D eigenvalue weighted by atomic mass is 32.2. The van der Waals surface area contributed by atoms with Crippen molar-refractivity contribution < 1.29 is 19.1 Å². The number of hydrogen-bond acceptors (Lipinski definition) is 3. The Hall–Kier alpha value is -1.56. The number of aliphatic carboxylic acids is 1. The Morgan fingerprint density at radius 1 is 1.39 bits per heavy atom. The third kappa shape index (κ3) is 4.75. The van der Waals surface area contributed by atoms with Gasteiger partial charge in [-0.05, 0) is 24.0 Å². The Morgan fingerprint density at radius 3 is 2.50 bits per heavy atom. The summed E-state index contributed by atoms with van der Waals surface area (Å²) in [7, 11) is 0. The Labute approximate surface area is 109 Å². The molecule has 1 unspecified atom stereocenters. The van der Waals surface area contributed by atoms with Crippen molar-refractivity contribution >= 4 is 23.6 Å². The molecule has 0 saturated carbocycles. The highest BCUT2D eigenvalue weighted by Crippen LogP contribution is 2.17. The van der Waals surface area contributed by atoms with E-state index in [0.29, 0.717) is 5.56 Å². The number of carboxylic acid groups (broad SMARTS) is 1. The number of carbonyl (C=O) groups excluding carboxylic acids is 1. The number of hydrogen-bond donors (Lipinski definition) is 2. The highest BCUT2D eigenvalue weighted by molar-refractivity contribution is 7.99. The van der Waals surface area contributed by atoms with Crippen LogP contribution in [0.1, 0.15) is 18.0 Å².